The Kier molecular flexibility index (Phi) is 7.12. The van der Waals surface area contributed by atoms with Crippen LogP contribution < -0.4 is 4.90 Å². The Hall–Kier alpha value is -3.78. The van der Waals surface area contributed by atoms with Gasteiger partial charge in [-0.2, -0.15) is 0 Å². The van der Waals surface area contributed by atoms with Crippen LogP contribution in [0, 0.1) is 0 Å². The number of carboxylic acid groups (broad SMARTS) is 1. The van der Waals surface area contributed by atoms with E-state index in [1.165, 1.54) is 6.08 Å². The van der Waals surface area contributed by atoms with E-state index in [2.05, 4.69) is 16.0 Å². The van der Waals surface area contributed by atoms with Gasteiger partial charge in [-0.1, -0.05) is 24.3 Å². The molecule has 1 amide bonds. The number of benzene rings is 1. The van der Waals surface area contributed by atoms with Crippen molar-refractivity contribution in [3.8, 4) is 0 Å². The lowest BCUT2D eigenvalue weighted by molar-refractivity contribution is -0.131. The molecule has 1 N–H and O–H groups in total. The monoisotopic (exact) mass is 474 g/mol. The highest BCUT2D eigenvalue weighted by atomic mass is 16.6. The second-order valence-electron chi connectivity index (χ2n) is 9.64. The van der Waals surface area contributed by atoms with Gasteiger partial charge in [-0.05, 0) is 63.1 Å². The van der Waals surface area contributed by atoms with Gasteiger partial charge in [0.25, 0.3) is 0 Å². The van der Waals surface area contributed by atoms with Crippen molar-refractivity contribution in [1.29, 1.82) is 0 Å². The number of carbonyl (C=O) groups excluding carboxylic acids is 1. The molecular weight excluding hydrogens is 444 g/mol. The van der Waals surface area contributed by atoms with Gasteiger partial charge in [0.15, 0.2) is 0 Å². The number of hydrogen-bond acceptors (Lipinski definition) is 6. The lowest BCUT2D eigenvalue weighted by Gasteiger charge is -2.31. The lowest BCUT2D eigenvalue weighted by atomic mass is 10.2. The zero-order valence-corrected chi connectivity index (χ0v) is 20.2. The Labute approximate surface area is 204 Å². The Morgan fingerprint density at radius 2 is 1.97 bits per heavy atom. The van der Waals surface area contributed by atoms with E-state index in [0.29, 0.717) is 24.5 Å². The number of nitrogens with zero attached hydrogens (tertiary/aromatic N) is 4. The number of anilines is 1. The highest BCUT2D eigenvalue weighted by Gasteiger charge is 2.35. The molecule has 0 aliphatic carbocycles. The SMILES string of the molecule is CC(C)(C)OC(=O)N(c1ccc(C=CC(=O)O)cn1)[C@@H]1CCN(Cc2ccc3ccccc3n2)C1. The summed E-state index contributed by atoms with van der Waals surface area (Å²) in [6.45, 7) is 7.68. The number of rotatable bonds is 6. The van der Waals surface area contributed by atoms with Crippen LogP contribution in [-0.4, -0.2) is 56.8 Å². The maximum Gasteiger partial charge on any atom is 0.416 e. The molecule has 2 aromatic heterocycles. The molecule has 3 heterocycles. The third kappa shape index (κ3) is 6.42. The molecule has 0 radical (unpaired) electrons. The van der Waals surface area contributed by atoms with Crippen LogP contribution >= 0.6 is 0 Å². The third-order valence-electron chi connectivity index (χ3n) is 5.68. The Morgan fingerprint density at radius 1 is 1.17 bits per heavy atom. The largest absolute Gasteiger partial charge is 0.478 e. The molecule has 3 aromatic rings. The normalized spacial score (nSPS) is 16.6. The second kappa shape index (κ2) is 10.2. The maximum atomic E-state index is 13.2. The van der Waals surface area contributed by atoms with Gasteiger partial charge in [-0.25, -0.2) is 14.6 Å². The predicted molar refractivity (Wildman–Crippen MR) is 135 cm³/mol. The summed E-state index contributed by atoms with van der Waals surface area (Å²) in [5, 5.41) is 9.95. The summed E-state index contributed by atoms with van der Waals surface area (Å²) in [5.74, 6) is -0.557. The van der Waals surface area contributed by atoms with Crippen LogP contribution in [0.1, 0.15) is 38.4 Å². The zero-order valence-electron chi connectivity index (χ0n) is 20.2. The molecule has 1 aliphatic heterocycles. The summed E-state index contributed by atoms with van der Waals surface area (Å²) in [6.07, 6.45) is 4.39. The minimum absolute atomic E-state index is 0.113. The van der Waals surface area contributed by atoms with Crippen molar-refractivity contribution >= 4 is 34.9 Å². The van der Waals surface area contributed by atoms with Gasteiger partial charge in [0.1, 0.15) is 11.4 Å². The summed E-state index contributed by atoms with van der Waals surface area (Å²) in [4.78, 5) is 37.1. The number of carboxylic acids is 1. The second-order valence-corrected chi connectivity index (χ2v) is 9.64. The van der Waals surface area contributed by atoms with Crippen molar-refractivity contribution in [1.82, 2.24) is 14.9 Å². The number of likely N-dealkylation sites (tertiary alicyclic amines) is 1. The molecule has 182 valence electrons. The van der Waals surface area contributed by atoms with E-state index < -0.39 is 17.7 Å². The van der Waals surface area contributed by atoms with Gasteiger partial charge in [-0.15, -0.1) is 0 Å². The van der Waals surface area contributed by atoms with Crippen LogP contribution in [0.4, 0.5) is 10.6 Å². The first-order valence-electron chi connectivity index (χ1n) is 11.6. The highest BCUT2D eigenvalue weighted by Crippen LogP contribution is 2.26. The minimum atomic E-state index is -1.03. The summed E-state index contributed by atoms with van der Waals surface area (Å²) in [7, 11) is 0. The van der Waals surface area contributed by atoms with Crippen LogP contribution in [0.2, 0.25) is 0 Å². The van der Waals surface area contributed by atoms with E-state index in [4.69, 9.17) is 14.8 Å². The van der Waals surface area contributed by atoms with Crippen LogP contribution in [0.3, 0.4) is 0 Å². The molecule has 1 fully saturated rings. The van der Waals surface area contributed by atoms with Crippen LogP contribution in [0.5, 0.6) is 0 Å². The number of hydrogen-bond donors (Lipinski definition) is 1. The van der Waals surface area contributed by atoms with Crippen molar-refractivity contribution in [3.63, 3.8) is 0 Å². The van der Waals surface area contributed by atoms with E-state index in [0.717, 1.165) is 35.6 Å². The molecule has 0 spiro atoms. The van der Waals surface area contributed by atoms with Gasteiger partial charge >= 0.3 is 12.1 Å². The number of aromatic nitrogens is 2. The summed E-state index contributed by atoms with van der Waals surface area (Å²) >= 11 is 0. The van der Waals surface area contributed by atoms with E-state index in [1.807, 2.05) is 51.1 Å². The maximum absolute atomic E-state index is 13.2. The van der Waals surface area contributed by atoms with Crippen LogP contribution in [0.15, 0.2) is 60.8 Å². The molecule has 1 atom stereocenters. The molecule has 0 bridgehead atoms. The van der Waals surface area contributed by atoms with Crippen molar-refractivity contribution in [3.05, 3.63) is 72.1 Å². The van der Waals surface area contributed by atoms with Crippen LogP contribution in [-0.2, 0) is 16.1 Å². The molecule has 1 aromatic carbocycles. The molecule has 35 heavy (non-hydrogen) atoms. The summed E-state index contributed by atoms with van der Waals surface area (Å²) in [5.41, 5.74) is 1.95. The van der Waals surface area contributed by atoms with E-state index in [-0.39, 0.29) is 6.04 Å². The van der Waals surface area contributed by atoms with Crippen molar-refractivity contribution in [2.45, 2.75) is 45.4 Å². The highest BCUT2D eigenvalue weighted by molar-refractivity contribution is 5.88. The number of amides is 1. The number of carbonyl (C=O) groups is 2. The number of ether oxygens (including phenoxy) is 1. The number of para-hydroxylation sites is 1. The van der Waals surface area contributed by atoms with Crippen LogP contribution in [0.25, 0.3) is 17.0 Å². The minimum Gasteiger partial charge on any atom is -0.478 e. The number of aliphatic carboxylic acids is 1. The predicted octanol–water partition coefficient (Wildman–Crippen LogP) is 4.74. The molecule has 1 saturated heterocycles. The molecular formula is C27H30N4O4. The van der Waals surface area contributed by atoms with Gasteiger partial charge in [-0.3, -0.25) is 14.8 Å². The Morgan fingerprint density at radius 3 is 2.69 bits per heavy atom. The first-order valence-corrected chi connectivity index (χ1v) is 11.6. The third-order valence-corrected chi connectivity index (χ3v) is 5.68. The fraction of sp³-hybridized carbons (Fsp3) is 0.333. The molecule has 0 unspecified atom stereocenters. The first kappa shape index (κ1) is 24.3. The summed E-state index contributed by atoms with van der Waals surface area (Å²) in [6, 6.07) is 15.5. The van der Waals surface area contributed by atoms with Gasteiger partial charge < -0.3 is 9.84 Å². The standard InChI is InChI=1S/C27H30N4O4/c1-27(2,3)35-26(34)31(24-12-8-19(16-28-24)9-13-25(32)33)22-14-15-30(18-22)17-21-11-10-20-6-4-5-7-23(20)29-21/h4-13,16,22H,14-15,17-18H2,1-3H3,(H,32,33)/t22-/m1/s1. The smallest absolute Gasteiger partial charge is 0.416 e. The molecule has 1 aliphatic rings. The van der Waals surface area contributed by atoms with E-state index >= 15 is 0 Å². The molecule has 0 saturated carbocycles. The number of fused-ring (bicyclic) bond motifs is 1. The molecule has 4 rings (SSSR count). The Balaban J connectivity index is 1.52. The van der Waals surface area contributed by atoms with Gasteiger partial charge in [0.2, 0.25) is 0 Å². The number of pyridine rings is 2. The fourth-order valence-corrected chi connectivity index (χ4v) is 4.14. The van der Waals surface area contributed by atoms with Crippen molar-refractivity contribution in [2.75, 3.05) is 18.0 Å². The van der Waals surface area contributed by atoms with E-state index in [1.54, 1.807) is 23.2 Å². The van der Waals surface area contributed by atoms with Crippen molar-refractivity contribution in [2.24, 2.45) is 0 Å². The Bertz CT molecular complexity index is 1230. The molecule has 8 nitrogen and oxygen atoms in total. The average Bonchev–Trinajstić information content (AvgIpc) is 3.25. The zero-order chi connectivity index (χ0) is 25.0. The van der Waals surface area contributed by atoms with Crippen molar-refractivity contribution < 1.29 is 19.4 Å². The van der Waals surface area contributed by atoms with E-state index in [9.17, 15) is 9.59 Å². The average molecular weight is 475 g/mol. The first-order chi connectivity index (χ1) is 16.7. The van der Waals surface area contributed by atoms with Gasteiger partial charge in [0, 0.05) is 37.3 Å². The lowest BCUT2D eigenvalue weighted by Crippen LogP contribution is -2.45. The fourth-order valence-electron chi connectivity index (χ4n) is 4.14. The topological polar surface area (TPSA) is 95.9 Å². The molecule has 8 heteroatoms. The quantitative estimate of drug-likeness (QED) is 0.515. The van der Waals surface area contributed by atoms with Gasteiger partial charge in [0.05, 0.1) is 17.3 Å². The summed E-state index contributed by atoms with van der Waals surface area (Å²) < 4.78 is 5.70.